The number of carbonyl (C=O) groups is 2. The number of carboxylic acids is 1. The first-order valence-corrected chi connectivity index (χ1v) is 6.70. The lowest BCUT2D eigenvalue weighted by molar-refractivity contribution is -0.127. The number of amides is 1. The lowest BCUT2D eigenvalue weighted by Crippen LogP contribution is -2.31. The predicted molar refractivity (Wildman–Crippen MR) is 78.4 cm³/mol. The molecule has 1 fully saturated rings. The van der Waals surface area contributed by atoms with Gasteiger partial charge in [0.2, 0.25) is 5.91 Å². The van der Waals surface area contributed by atoms with E-state index >= 15 is 0 Å². The topological polar surface area (TPSA) is 82.5 Å². The number of likely N-dealkylation sites (N-methyl/N-ethyl adjacent to an activating group) is 1. The monoisotopic (exact) mass is 285 g/mol. The lowest BCUT2D eigenvalue weighted by atomic mass is 10.1. The van der Waals surface area contributed by atoms with Crippen molar-refractivity contribution < 1.29 is 14.7 Å². The maximum absolute atomic E-state index is 12.0. The molecule has 2 N–H and O–H groups in total. The van der Waals surface area contributed by atoms with Gasteiger partial charge >= 0.3 is 5.97 Å². The minimum absolute atomic E-state index is 0.0211. The molecule has 2 aromatic rings. The van der Waals surface area contributed by atoms with Gasteiger partial charge in [0.15, 0.2) is 0 Å². The number of nitrogens with one attached hydrogen (secondary N) is 1. The van der Waals surface area contributed by atoms with Crippen LogP contribution in [0.1, 0.15) is 16.8 Å². The summed E-state index contributed by atoms with van der Waals surface area (Å²) in [4.78, 5) is 29.2. The Hall–Kier alpha value is -2.63. The number of rotatable bonds is 3. The first kappa shape index (κ1) is 13.4. The van der Waals surface area contributed by atoms with Gasteiger partial charge in [-0.2, -0.15) is 0 Å². The lowest BCUT2D eigenvalue weighted by Gasteiger charge is -2.17. The van der Waals surface area contributed by atoms with Crippen LogP contribution in [0.25, 0.3) is 10.9 Å². The van der Waals surface area contributed by atoms with Crippen LogP contribution in [0, 0.1) is 0 Å². The molecular weight excluding hydrogens is 270 g/mol. The molecule has 2 heterocycles. The first-order chi connectivity index (χ1) is 10.1. The Kier molecular flexibility index (Phi) is 3.21. The van der Waals surface area contributed by atoms with Crippen LogP contribution in [-0.2, 0) is 4.79 Å². The molecule has 0 radical (unpaired) electrons. The largest absolute Gasteiger partial charge is 0.478 e. The fraction of sp³-hybridized carbons (Fsp3) is 0.267. The molecular formula is C15H15N3O3. The van der Waals surface area contributed by atoms with Gasteiger partial charge in [-0.25, -0.2) is 4.79 Å². The highest BCUT2D eigenvalue weighted by Gasteiger charge is 2.30. The van der Waals surface area contributed by atoms with E-state index in [9.17, 15) is 14.7 Å². The van der Waals surface area contributed by atoms with Crippen molar-refractivity contribution in [1.29, 1.82) is 0 Å². The van der Waals surface area contributed by atoms with E-state index in [1.54, 1.807) is 18.0 Å². The van der Waals surface area contributed by atoms with Crippen LogP contribution in [0.2, 0.25) is 0 Å². The van der Waals surface area contributed by atoms with Gasteiger partial charge in [0.25, 0.3) is 0 Å². The molecule has 6 nitrogen and oxygen atoms in total. The number of para-hydroxylation sites is 1. The maximum Gasteiger partial charge on any atom is 0.339 e. The first-order valence-electron chi connectivity index (χ1n) is 6.70. The van der Waals surface area contributed by atoms with Crippen LogP contribution in [-0.4, -0.2) is 46.5 Å². The quantitative estimate of drug-likeness (QED) is 0.894. The number of pyridine rings is 1. The summed E-state index contributed by atoms with van der Waals surface area (Å²) in [6, 6.07) is 6.89. The van der Waals surface area contributed by atoms with Crippen LogP contribution >= 0.6 is 0 Å². The van der Waals surface area contributed by atoms with Crippen LogP contribution < -0.4 is 5.32 Å². The zero-order valence-corrected chi connectivity index (χ0v) is 11.5. The minimum atomic E-state index is -1.06. The fourth-order valence-corrected chi connectivity index (χ4v) is 2.59. The standard InChI is InChI=1S/C15H15N3O3/c1-18-7-6-12(14(18)19)17-13-9-4-2-3-5-11(9)16-8-10(13)15(20)21/h2-5,8,12H,6-7H2,1H3,(H,16,17)(H,20,21). The third kappa shape index (κ3) is 2.29. The second kappa shape index (κ2) is 5.05. The van der Waals surface area contributed by atoms with E-state index < -0.39 is 5.97 Å². The molecule has 1 amide bonds. The van der Waals surface area contributed by atoms with E-state index in [2.05, 4.69) is 10.3 Å². The van der Waals surface area contributed by atoms with Crippen LogP contribution in [0.5, 0.6) is 0 Å². The number of benzene rings is 1. The van der Waals surface area contributed by atoms with Gasteiger partial charge in [-0.3, -0.25) is 9.78 Å². The Balaban J connectivity index is 2.08. The van der Waals surface area contributed by atoms with Crippen molar-refractivity contribution in [2.24, 2.45) is 0 Å². The van der Waals surface area contributed by atoms with Gasteiger partial charge in [0.05, 0.1) is 11.2 Å². The van der Waals surface area contributed by atoms with E-state index in [-0.39, 0.29) is 17.5 Å². The Morgan fingerprint density at radius 3 is 2.86 bits per heavy atom. The van der Waals surface area contributed by atoms with Crippen LogP contribution in [0.3, 0.4) is 0 Å². The molecule has 1 atom stereocenters. The number of carboxylic acid groups (broad SMARTS) is 1. The summed E-state index contributed by atoms with van der Waals surface area (Å²) in [6.07, 6.45) is 1.99. The Labute approximate surface area is 121 Å². The molecule has 1 aromatic carbocycles. The number of nitrogens with zero attached hydrogens (tertiary/aromatic N) is 2. The molecule has 3 rings (SSSR count). The number of hydrogen-bond acceptors (Lipinski definition) is 4. The van der Waals surface area contributed by atoms with Gasteiger partial charge < -0.3 is 15.3 Å². The van der Waals surface area contributed by atoms with Crippen molar-refractivity contribution in [1.82, 2.24) is 9.88 Å². The SMILES string of the molecule is CN1CCC(Nc2c(C(=O)O)cnc3ccccc23)C1=O. The number of hydrogen-bond donors (Lipinski definition) is 2. The number of likely N-dealkylation sites (tertiary alicyclic amines) is 1. The van der Waals surface area contributed by atoms with E-state index in [4.69, 9.17) is 0 Å². The smallest absolute Gasteiger partial charge is 0.339 e. The third-order valence-corrected chi connectivity index (χ3v) is 3.75. The fourth-order valence-electron chi connectivity index (χ4n) is 2.59. The molecule has 0 aliphatic carbocycles. The molecule has 6 heteroatoms. The molecule has 1 saturated heterocycles. The highest BCUT2D eigenvalue weighted by molar-refractivity contribution is 6.05. The predicted octanol–water partition coefficient (Wildman–Crippen LogP) is 1.58. The molecule has 1 aliphatic rings. The molecule has 0 saturated carbocycles. The number of anilines is 1. The van der Waals surface area contributed by atoms with E-state index in [0.717, 1.165) is 0 Å². The van der Waals surface area contributed by atoms with Crippen molar-refractivity contribution in [3.8, 4) is 0 Å². The van der Waals surface area contributed by atoms with Crippen molar-refractivity contribution in [3.63, 3.8) is 0 Å². The number of fused-ring (bicyclic) bond motifs is 1. The van der Waals surface area contributed by atoms with Gasteiger partial charge in [-0.05, 0) is 12.5 Å². The van der Waals surface area contributed by atoms with E-state index in [1.165, 1.54) is 6.20 Å². The number of carbonyl (C=O) groups excluding carboxylic acids is 1. The van der Waals surface area contributed by atoms with Gasteiger partial charge in [0.1, 0.15) is 11.6 Å². The molecule has 0 spiro atoms. The van der Waals surface area contributed by atoms with Crippen molar-refractivity contribution in [3.05, 3.63) is 36.0 Å². The van der Waals surface area contributed by atoms with Gasteiger partial charge in [-0.15, -0.1) is 0 Å². The summed E-state index contributed by atoms with van der Waals surface area (Å²) in [6.45, 7) is 0.669. The van der Waals surface area contributed by atoms with Crippen molar-refractivity contribution >= 4 is 28.5 Å². The third-order valence-electron chi connectivity index (χ3n) is 3.75. The molecule has 21 heavy (non-hydrogen) atoms. The average Bonchev–Trinajstić information content (AvgIpc) is 2.79. The van der Waals surface area contributed by atoms with Gasteiger partial charge in [0, 0.05) is 25.2 Å². The average molecular weight is 285 g/mol. The molecule has 1 aliphatic heterocycles. The summed E-state index contributed by atoms with van der Waals surface area (Å²) >= 11 is 0. The van der Waals surface area contributed by atoms with Crippen LogP contribution in [0.15, 0.2) is 30.5 Å². The normalized spacial score (nSPS) is 18.2. The zero-order chi connectivity index (χ0) is 15.0. The molecule has 1 aromatic heterocycles. The summed E-state index contributed by atoms with van der Waals surface area (Å²) in [5, 5.41) is 13.2. The minimum Gasteiger partial charge on any atom is -0.478 e. The van der Waals surface area contributed by atoms with E-state index in [0.29, 0.717) is 29.6 Å². The van der Waals surface area contributed by atoms with E-state index in [1.807, 2.05) is 18.2 Å². The summed E-state index contributed by atoms with van der Waals surface area (Å²) in [5.74, 6) is -1.08. The Morgan fingerprint density at radius 2 is 2.19 bits per heavy atom. The maximum atomic E-state index is 12.0. The highest BCUT2D eigenvalue weighted by Crippen LogP contribution is 2.28. The van der Waals surface area contributed by atoms with Crippen molar-refractivity contribution in [2.45, 2.75) is 12.5 Å². The van der Waals surface area contributed by atoms with Gasteiger partial charge in [-0.1, -0.05) is 18.2 Å². The molecule has 0 bridgehead atoms. The number of aromatic nitrogens is 1. The summed E-state index contributed by atoms with van der Waals surface area (Å²) in [5.41, 5.74) is 1.24. The number of aromatic carboxylic acids is 1. The second-order valence-electron chi connectivity index (χ2n) is 5.11. The Bertz CT molecular complexity index is 729. The summed E-state index contributed by atoms with van der Waals surface area (Å²) in [7, 11) is 1.74. The molecule has 108 valence electrons. The Morgan fingerprint density at radius 1 is 1.43 bits per heavy atom. The van der Waals surface area contributed by atoms with Crippen LogP contribution in [0.4, 0.5) is 5.69 Å². The zero-order valence-electron chi connectivity index (χ0n) is 11.5. The van der Waals surface area contributed by atoms with Crippen molar-refractivity contribution in [2.75, 3.05) is 18.9 Å². The second-order valence-corrected chi connectivity index (χ2v) is 5.11. The highest BCUT2D eigenvalue weighted by atomic mass is 16.4. The molecule has 1 unspecified atom stereocenters. The summed E-state index contributed by atoms with van der Waals surface area (Å²) < 4.78 is 0.